The summed E-state index contributed by atoms with van der Waals surface area (Å²) in [6.07, 6.45) is -0.477. The Labute approximate surface area is 165 Å². The van der Waals surface area contributed by atoms with E-state index in [0.29, 0.717) is 17.1 Å². The molecule has 2 unspecified atom stereocenters. The van der Waals surface area contributed by atoms with Gasteiger partial charge in [0, 0.05) is 24.7 Å². The Bertz CT molecular complexity index is 824. The average molecular weight is 388 g/mol. The highest BCUT2D eigenvalue weighted by atomic mass is 19.4. The number of likely N-dealkylation sites (tertiary alicyclic amines) is 1. The van der Waals surface area contributed by atoms with Crippen LogP contribution in [0, 0.1) is 0 Å². The van der Waals surface area contributed by atoms with Gasteiger partial charge in [-0.05, 0) is 61.7 Å². The van der Waals surface area contributed by atoms with Gasteiger partial charge in [-0.2, -0.15) is 13.2 Å². The van der Waals surface area contributed by atoms with E-state index in [1.807, 2.05) is 24.3 Å². The minimum atomic E-state index is -4.31. The van der Waals surface area contributed by atoms with E-state index in [4.69, 9.17) is 0 Å². The molecule has 1 aliphatic carbocycles. The van der Waals surface area contributed by atoms with Crippen LogP contribution in [0.2, 0.25) is 0 Å². The van der Waals surface area contributed by atoms with Crippen LogP contribution in [0.15, 0.2) is 48.5 Å². The van der Waals surface area contributed by atoms with Gasteiger partial charge in [0.2, 0.25) is 0 Å². The Hall–Kier alpha value is -1.85. The van der Waals surface area contributed by atoms with Crippen molar-refractivity contribution in [1.82, 2.24) is 9.80 Å². The molecule has 0 aromatic heterocycles. The molecule has 1 spiro atoms. The molecule has 4 rings (SSSR count). The maximum absolute atomic E-state index is 12.9. The quantitative estimate of drug-likeness (QED) is 0.674. The Morgan fingerprint density at radius 2 is 1.82 bits per heavy atom. The lowest BCUT2D eigenvalue weighted by Crippen LogP contribution is -2.74. The van der Waals surface area contributed by atoms with Crippen LogP contribution in [-0.4, -0.2) is 41.5 Å². The second-order valence-corrected chi connectivity index (χ2v) is 8.18. The van der Waals surface area contributed by atoms with Crippen molar-refractivity contribution in [3.05, 3.63) is 59.7 Å². The molecular weight excluding hydrogens is 361 g/mol. The van der Waals surface area contributed by atoms with Gasteiger partial charge in [0.25, 0.3) is 0 Å². The third kappa shape index (κ3) is 3.35. The molecule has 1 aliphatic heterocycles. The van der Waals surface area contributed by atoms with Crippen molar-refractivity contribution in [2.45, 2.75) is 50.5 Å². The van der Waals surface area contributed by atoms with Gasteiger partial charge in [-0.15, -0.1) is 0 Å². The number of halogens is 3. The molecular formula is C23H27F3N2. The fourth-order valence-corrected chi connectivity index (χ4v) is 5.00. The van der Waals surface area contributed by atoms with Crippen molar-refractivity contribution in [1.29, 1.82) is 0 Å². The van der Waals surface area contributed by atoms with E-state index in [1.165, 1.54) is 43.5 Å². The Morgan fingerprint density at radius 3 is 2.36 bits per heavy atom. The Morgan fingerprint density at radius 1 is 1.07 bits per heavy atom. The lowest BCUT2D eigenvalue weighted by Gasteiger charge is -2.65. The predicted molar refractivity (Wildman–Crippen MR) is 106 cm³/mol. The number of likely N-dealkylation sites (N-methyl/N-ethyl adjacent to an activating group) is 2. The molecule has 2 aromatic carbocycles. The van der Waals surface area contributed by atoms with E-state index in [1.54, 1.807) is 6.07 Å². The van der Waals surface area contributed by atoms with Crippen LogP contribution < -0.4 is 0 Å². The molecule has 2 atom stereocenters. The fourth-order valence-electron chi connectivity index (χ4n) is 5.00. The van der Waals surface area contributed by atoms with Crippen molar-refractivity contribution < 1.29 is 13.2 Å². The number of alkyl halides is 3. The molecule has 0 amide bonds. The first-order chi connectivity index (χ1) is 13.3. The third-order valence-corrected chi connectivity index (χ3v) is 6.74. The number of hydrogen-bond donors (Lipinski definition) is 0. The molecule has 150 valence electrons. The first-order valence-electron chi connectivity index (χ1n) is 10.1. The van der Waals surface area contributed by atoms with Gasteiger partial charge in [-0.1, -0.05) is 43.3 Å². The standard InChI is InChI=1S/C23H27F3N2/c1-3-28-14-13-22(28)12-11-21(22)27(2)16-17-7-9-18(10-8-17)19-5-4-6-20(15-19)23(24,25)26/h4-10,15,21H,3,11-14,16H2,1-2H3. The summed E-state index contributed by atoms with van der Waals surface area (Å²) in [5, 5.41) is 0. The molecule has 2 aliphatic rings. The first kappa shape index (κ1) is 19.5. The summed E-state index contributed by atoms with van der Waals surface area (Å²) in [5.41, 5.74) is 2.39. The zero-order chi connectivity index (χ0) is 19.9. The van der Waals surface area contributed by atoms with Crippen molar-refractivity contribution in [2.75, 3.05) is 20.1 Å². The van der Waals surface area contributed by atoms with Crippen LogP contribution in [0.25, 0.3) is 11.1 Å². The zero-order valence-electron chi connectivity index (χ0n) is 16.5. The molecule has 28 heavy (non-hydrogen) atoms. The van der Waals surface area contributed by atoms with E-state index in [0.717, 1.165) is 24.7 Å². The molecule has 2 fully saturated rings. The molecule has 2 aromatic rings. The van der Waals surface area contributed by atoms with Crippen molar-refractivity contribution >= 4 is 0 Å². The van der Waals surface area contributed by atoms with E-state index in [9.17, 15) is 13.2 Å². The highest BCUT2D eigenvalue weighted by molar-refractivity contribution is 5.64. The second kappa shape index (κ2) is 7.20. The molecule has 1 saturated heterocycles. The largest absolute Gasteiger partial charge is 0.416 e. The molecule has 0 bridgehead atoms. The van der Waals surface area contributed by atoms with Gasteiger partial charge in [-0.25, -0.2) is 0 Å². The van der Waals surface area contributed by atoms with Gasteiger partial charge in [0.05, 0.1) is 5.56 Å². The summed E-state index contributed by atoms with van der Waals surface area (Å²) in [6, 6.07) is 14.1. The topological polar surface area (TPSA) is 6.48 Å². The average Bonchev–Trinajstić information content (AvgIpc) is 2.60. The first-order valence-corrected chi connectivity index (χ1v) is 10.1. The number of nitrogens with zero attached hydrogens (tertiary/aromatic N) is 2. The van der Waals surface area contributed by atoms with Crippen LogP contribution in [0.3, 0.4) is 0 Å². The Balaban J connectivity index is 1.44. The van der Waals surface area contributed by atoms with Gasteiger partial charge in [-0.3, -0.25) is 9.80 Å². The third-order valence-electron chi connectivity index (χ3n) is 6.74. The van der Waals surface area contributed by atoms with E-state index in [2.05, 4.69) is 23.8 Å². The summed E-state index contributed by atoms with van der Waals surface area (Å²) < 4.78 is 38.8. The Kier molecular flexibility index (Phi) is 5.00. The summed E-state index contributed by atoms with van der Waals surface area (Å²) >= 11 is 0. The lowest BCUT2D eigenvalue weighted by atomic mass is 9.63. The van der Waals surface area contributed by atoms with Crippen LogP contribution in [0.4, 0.5) is 13.2 Å². The molecule has 0 N–H and O–H groups in total. The normalized spacial score (nSPS) is 25.0. The van der Waals surface area contributed by atoms with Crippen molar-refractivity contribution in [2.24, 2.45) is 0 Å². The van der Waals surface area contributed by atoms with Crippen LogP contribution in [0.1, 0.15) is 37.3 Å². The predicted octanol–water partition coefficient (Wildman–Crippen LogP) is 5.43. The molecule has 0 radical (unpaired) electrons. The van der Waals surface area contributed by atoms with Gasteiger partial charge >= 0.3 is 6.18 Å². The molecule has 1 saturated carbocycles. The SMILES string of the molecule is CCN1CCC12CCC2N(C)Cc1ccc(-c2cccc(C(F)(F)F)c2)cc1. The van der Waals surface area contributed by atoms with Crippen LogP contribution in [-0.2, 0) is 12.7 Å². The second-order valence-electron chi connectivity index (χ2n) is 8.18. The van der Waals surface area contributed by atoms with Crippen LogP contribution >= 0.6 is 0 Å². The lowest BCUT2D eigenvalue weighted by molar-refractivity contribution is -0.137. The smallest absolute Gasteiger partial charge is 0.297 e. The van der Waals surface area contributed by atoms with Crippen molar-refractivity contribution in [3.63, 3.8) is 0 Å². The highest BCUT2D eigenvalue weighted by Gasteiger charge is 2.56. The highest BCUT2D eigenvalue weighted by Crippen LogP contribution is 2.49. The molecule has 2 nitrogen and oxygen atoms in total. The zero-order valence-corrected chi connectivity index (χ0v) is 16.5. The summed E-state index contributed by atoms with van der Waals surface area (Å²) in [4.78, 5) is 5.05. The van der Waals surface area contributed by atoms with E-state index < -0.39 is 11.7 Å². The number of rotatable bonds is 5. The van der Waals surface area contributed by atoms with E-state index >= 15 is 0 Å². The fraction of sp³-hybridized carbons (Fsp3) is 0.478. The van der Waals surface area contributed by atoms with Crippen molar-refractivity contribution in [3.8, 4) is 11.1 Å². The van der Waals surface area contributed by atoms with Crippen LogP contribution in [0.5, 0.6) is 0 Å². The summed E-state index contributed by atoms with van der Waals surface area (Å²) in [6.45, 7) is 5.44. The van der Waals surface area contributed by atoms with Gasteiger partial charge in [0.15, 0.2) is 0 Å². The number of benzene rings is 2. The monoisotopic (exact) mass is 388 g/mol. The molecule has 5 heteroatoms. The summed E-state index contributed by atoms with van der Waals surface area (Å²) in [7, 11) is 2.19. The minimum Gasteiger partial charge on any atom is -0.297 e. The molecule has 1 heterocycles. The maximum Gasteiger partial charge on any atom is 0.416 e. The minimum absolute atomic E-state index is 0.390. The van der Waals surface area contributed by atoms with Gasteiger partial charge < -0.3 is 0 Å². The summed E-state index contributed by atoms with van der Waals surface area (Å²) in [5.74, 6) is 0. The van der Waals surface area contributed by atoms with Gasteiger partial charge in [0.1, 0.15) is 0 Å². The van der Waals surface area contributed by atoms with E-state index in [-0.39, 0.29) is 0 Å². The maximum atomic E-state index is 12.9. The number of hydrogen-bond acceptors (Lipinski definition) is 2.